The molecular weight excluding hydrogens is 250 g/mol. The molecule has 0 aromatic carbocycles. The molecular formula is C13H25NO5. The van der Waals surface area contributed by atoms with E-state index in [-0.39, 0.29) is 6.42 Å². The molecule has 0 bridgehead atoms. The highest BCUT2D eigenvalue weighted by Crippen LogP contribution is 2.18. The molecule has 0 spiro atoms. The van der Waals surface area contributed by atoms with E-state index in [1.165, 1.54) is 0 Å². The van der Waals surface area contributed by atoms with Crippen molar-refractivity contribution in [1.82, 2.24) is 5.32 Å². The first-order chi connectivity index (χ1) is 8.58. The Kier molecular flexibility index (Phi) is 6.83. The summed E-state index contributed by atoms with van der Waals surface area (Å²) < 4.78 is 10.1. The van der Waals surface area contributed by atoms with Crippen LogP contribution in [0.15, 0.2) is 0 Å². The van der Waals surface area contributed by atoms with Gasteiger partial charge in [-0.3, -0.25) is 4.79 Å². The molecule has 0 aromatic rings. The Balaban J connectivity index is 4.56. The summed E-state index contributed by atoms with van der Waals surface area (Å²) in [6, 6.07) is 0. The molecule has 0 heterocycles. The quantitative estimate of drug-likeness (QED) is 0.695. The van der Waals surface area contributed by atoms with Gasteiger partial charge in [0.2, 0.25) is 0 Å². The maximum absolute atomic E-state index is 11.7. The van der Waals surface area contributed by atoms with Crippen molar-refractivity contribution < 1.29 is 24.2 Å². The predicted octanol–water partition coefficient (Wildman–Crippen LogP) is 2.17. The van der Waals surface area contributed by atoms with Gasteiger partial charge in [-0.25, -0.2) is 4.79 Å². The summed E-state index contributed by atoms with van der Waals surface area (Å²) in [7, 11) is 1.58. The molecule has 0 aliphatic heterocycles. The Labute approximate surface area is 114 Å². The highest BCUT2D eigenvalue weighted by atomic mass is 16.6. The van der Waals surface area contributed by atoms with E-state index in [0.29, 0.717) is 19.4 Å². The molecule has 6 heteroatoms. The Morgan fingerprint density at radius 2 is 1.79 bits per heavy atom. The molecule has 0 saturated heterocycles. The average Bonchev–Trinajstić information content (AvgIpc) is 2.12. The number of hydrogen-bond donors (Lipinski definition) is 2. The second kappa shape index (κ2) is 7.33. The predicted molar refractivity (Wildman–Crippen MR) is 71.1 cm³/mol. The molecule has 2 N–H and O–H groups in total. The fourth-order valence-electron chi connectivity index (χ4n) is 1.69. The molecule has 0 aliphatic rings. The van der Waals surface area contributed by atoms with Crippen LogP contribution in [0.5, 0.6) is 0 Å². The zero-order chi connectivity index (χ0) is 15.1. The van der Waals surface area contributed by atoms with Gasteiger partial charge in [0.1, 0.15) is 5.60 Å². The number of carbonyl (C=O) groups excluding carboxylic acids is 1. The topological polar surface area (TPSA) is 84.9 Å². The van der Waals surface area contributed by atoms with Crippen molar-refractivity contribution in [2.24, 2.45) is 0 Å². The SMILES string of the molecule is COCCCC(C)(CC(=O)O)NC(=O)OC(C)(C)C. The second-order valence-electron chi connectivity index (χ2n) is 5.85. The van der Waals surface area contributed by atoms with Crippen LogP contribution in [0.4, 0.5) is 4.79 Å². The van der Waals surface area contributed by atoms with E-state index < -0.39 is 23.2 Å². The number of aliphatic carboxylic acids is 1. The van der Waals surface area contributed by atoms with E-state index in [0.717, 1.165) is 0 Å². The van der Waals surface area contributed by atoms with E-state index in [4.69, 9.17) is 14.6 Å². The number of alkyl carbamates (subject to hydrolysis) is 1. The number of hydrogen-bond acceptors (Lipinski definition) is 4. The van der Waals surface area contributed by atoms with Gasteiger partial charge in [-0.05, 0) is 40.5 Å². The molecule has 0 fully saturated rings. The number of carboxylic acid groups (broad SMARTS) is 1. The van der Waals surface area contributed by atoms with Crippen molar-refractivity contribution in [2.45, 2.75) is 58.1 Å². The summed E-state index contributed by atoms with van der Waals surface area (Å²) in [4.78, 5) is 22.6. The molecule has 0 aliphatic carbocycles. The van der Waals surface area contributed by atoms with Gasteiger partial charge in [0.15, 0.2) is 0 Å². The van der Waals surface area contributed by atoms with Crippen LogP contribution >= 0.6 is 0 Å². The van der Waals surface area contributed by atoms with Gasteiger partial charge in [0.05, 0.1) is 12.0 Å². The summed E-state index contributed by atoms with van der Waals surface area (Å²) in [5, 5.41) is 11.6. The minimum atomic E-state index is -0.962. The third-order valence-corrected chi connectivity index (χ3v) is 2.42. The highest BCUT2D eigenvalue weighted by Gasteiger charge is 2.31. The van der Waals surface area contributed by atoms with E-state index in [1.807, 2.05) is 0 Å². The van der Waals surface area contributed by atoms with Crippen LogP contribution in [-0.2, 0) is 14.3 Å². The minimum absolute atomic E-state index is 0.157. The lowest BCUT2D eigenvalue weighted by Gasteiger charge is -2.30. The number of nitrogens with one attached hydrogen (secondary N) is 1. The summed E-state index contributed by atoms with van der Waals surface area (Å²) in [5.74, 6) is -0.962. The van der Waals surface area contributed by atoms with Gasteiger partial charge in [0, 0.05) is 13.7 Å². The monoisotopic (exact) mass is 275 g/mol. The molecule has 6 nitrogen and oxygen atoms in total. The lowest BCUT2D eigenvalue weighted by atomic mass is 9.92. The number of carboxylic acids is 1. The van der Waals surface area contributed by atoms with Crippen molar-refractivity contribution in [1.29, 1.82) is 0 Å². The van der Waals surface area contributed by atoms with E-state index >= 15 is 0 Å². The third-order valence-electron chi connectivity index (χ3n) is 2.42. The zero-order valence-electron chi connectivity index (χ0n) is 12.4. The lowest BCUT2D eigenvalue weighted by Crippen LogP contribution is -2.49. The third kappa shape index (κ3) is 9.30. The van der Waals surface area contributed by atoms with Gasteiger partial charge in [-0.15, -0.1) is 0 Å². The van der Waals surface area contributed by atoms with Crippen molar-refractivity contribution in [3.05, 3.63) is 0 Å². The lowest BCUT2D eigenvalue weighted by molar-refractivity contribution is -0.138. The molecule has 0 saturated carbocycles. The summed E-state index contributed by atoms with van der Waals surface area (Å²) in [6.07, 6.45) is 0.409. The zero-order valence-corrected chi connectivity index (χ0v) is 12.4. The molecule has 0 radical (unpaired) electrons. The van der Waals surface area contributed by atoms with Crippen molar-refractivity contribution in [3.63, 3.8) is 0 Å². The average molecular weight is 275 g/mol. The molecule has 1 unspecified atom stereocenters. The Bertz CT molecular complexity index is 311. The van der Waals surface area contributed by atoms with Gasteiger partial charge < -0.3 is 19.9 Å². The van der Waals surface area contributed by atoms with Crippen LogP contribution in [0.2, 0.25) is 0 Å². The maximum Gasteiger partial charge on any atom is 0.408 e. The Morgan fingerprint density at radius 1 is 1.21 bits per heavy atom. The Hall–Kier alpha value is -1.30. The molecule has 1 atom stereocenters. The first-order valence-corrected chi connectivity index (χ1v) is 6.30. The van der Waals surface area contributed by atoms with Crippen LogP contribution in [0, 0.1) is 0 Å². The molecule has 19 heavy (non-hydrogen) atoms. The van der Waals surface area contributed by atoms with E-state index in [2.05, 4.69) is 5.32 Å². The van der Waals surface area contributed by atoms with E-state index in [1.54, 1.807) is 34.8 Å². The van der Waals surface area contributed by atoms with Crippen molar-refractivity contribution in [3.8, 4) is 0 Å². The van der Waals surface area contributed by atoms with Crippen LogP contribution in [-0.4, -0.2) is 42.0 Å². The van der Waals surface area contributed by atoms with Gasteiger partial charge in [0.25, 0.3) is 0 Å². The summed E-state index contributed by atoms with van der Waals surface area (Å²) in [5.41, 5.74) is -1.45. The van der Waals surface area contributed by atoms with Crippen LogP contribution in [0.25, 0.3) is 0 Å². The summed E-state index contributed by atoms with van der Waals surface area (Å²) >= 11 is 0. The number of rotatable bonds is 7. The number of carbonyl (C=O) groups is 2. The maximum atomic E-state index is 11.7. The molecule has 0 aromatic heterocycles. The van der Waals surface area contributed by atoms with Crippen LogP contribution in [0.1, 0.15) is 47.0 Å². The van der Waals surface area contributed by atoms with Crippen molar-refractivity contribution >= 4 is 12.1 Å². The molecule has 1 amide bonds. The van der Waals surface area contributed by atoms with Gasteiger partial charge >= 0.3 is 12.1 Å². The van der Waals surface area contributed by atoms with Gasteiger partial charge in [-0.1, -0.05) is 0 Å². The Morgan fingerprint density at radius 3 is 2.21 bits per heavy atom. The molecule has 112 valence electrons. The second-order valence-corrected chi connectivity index (χ2v) is 5.85. The largest absolute Gasteiger partial charge is 0.481 e. The highest BCUT2D eigenvalue weighted by molar-refractivity contribution is 5.72. The van der Waals surface area contributed by atoms with Crippen LogP contribution in [0.3, 0.4) is 0 Å². The summed E-state index contributed by atoms with van der Waals surface area (Å²) in [6.45, 7) is 7.48. The van der Waals surface area contributed by atoms with E-state index in [9.17, 15) is 9.59 Å². The van der Waals surface area contributed by atoms with Crippen LogP contribution < -0.4 is 5.32 Å². The fourth-order valence-corrected chi connectivity index (χ4v) is 1.69. The molecule has 0 rings (SSSR count). The number of methoxy groups -OCH3 is 1. The number of ether oxygens (including phenoxy) is 2. The van der Waals surface area contributed by atoms with Crippen molar-refractivity contribution in [2.75, 3.05) is 13.7 Å². The fraction of sp³-hybridized carbons (Fsp3) is 0.846. The standard InChI is InChI=1S/C13H25NO5/c1-12(2,3)19-11(17)14-13(4,9-10(15)16)7-6-8-18-5/h6-9H2,1-5H3,(H,14,17)(H,15,16). The first-order valence-electron chi connectivity index (χ1n) is 6.30. The number of amides is 1. The van der Waals surface area contributed by atoms with Gasteiger partial charge in [-0.2, -0.15) is 0 Å². The smallest absolute Gasteiger partial charge is 0.408 e. The first kappa shape index (κ1) is 17.7. The normalized spacial score (nSPS) is 14.6. The minimum Gasteiger partial charge on any atom is -0.481 e.